The van der Waals surface area contributed by atoms with Crippen molar-refractivity contribution in [3.63, 3.8) is 0 Å². The van der Waals surface area contributed by atoms with Gasteiger partial charge in [0.05, 0.1) is 10.9 Å². The van der Waals surface area contributed by atoms with Crippen LogP contribution >= 0.6 is 10.7 Å². The highest BCUT2D eigenvalue weighted by molar-refractivity contribution is 8.13. The Bertz CT molecular complexity index is 695. The van der Waals surface area contributed by atoms with Crippen LogP contribution in [0.25, 0.3) is 0 Å². The number of halogens is 1. The van der Waals surface area contributed by atoms with E-state index in [0.29, 0.717) is 5.56 Å². The summed E-state index contributed by atoms with van der Waals surface area (Å²) in [4.78, 5) is 11.4. The van der Waals surface area contributed by atoms with E-state index >= 15 is 0 Å². The van der Waals surface area contributed by atoms with Crippen LogP contribution in [0.4, 0.5) is 0 Å². The zero-order valence-electron chi connectivity index (χ0n) is 10.8. The molecule has 0 saturated heterocycles. The van der Waals surface area contributed by atoms with E-state index < -0.39 is 36.6 Å². The van der Waals surface area contributed by atoms with Gasteiger partial charge in [-0.25, -0.2) is 16.8 Å². The molecule has 1 aromatic rings. The number of hydrogen-bond donors (Lipinski definition) is 1. The van der Waals surface area contributed by atoms with E-state index in [9.17, 15) is 21.6 Å². The Morgan fingerprint density at radius 3 is 2.10 bits per heavy atom. The number of carbonyl (C=O) groups excluding carboxylic acids is 1. The Kier molecular flexibility index (Phi) is 5.17. The zero-order chi connectivity index (χ0) is 15.6. The molecule has 0 aliphatic rings. The van der Waals surface area contributed by atoms with Gasteiger partial charge in [-0.1, -0.05) is 12.1 Å². The van der Waals surface area contributed by atoms with Gasteiger partial charge in [-0.15, -0.1) is 0 Å². The Labute approximate surface area is 122 Å². The van der Waals surface area contributed by atoms with Crippen molar-refractivity contribution in [1.29, 1.82) is 0 Å². The van der Waals surface area contributed by atoms with Crippen molar-refractivity contribution in [3.05, 3.63) is 29.8 Å². The first-order valence-corrected chi connectivity index (χ1v) is 9.88. The molecule has 1 atom stereocenters. The fourth-order valence-electron chi connectivity index (χ4n) is 1.52. The standard InChI is InChI=1S/C11H14ClNO5S2/c1-8(13-11(14)7-19(2,15)16)9-3-5-10(6-4-9)20(12,17)18/h3-6,8H,7H2,1-2H3,(H,13,14). The van der Waals surface area contributed by atoms with Crippen LogP contribution in [0.1, 0.15) is 18.5 Å². The van der Waals surface area contributed by atoms with E-state index in [-0.39, 0.29) is 4.90 Å². The molecular formula is C11H14ClNO5S2. The molecule has 0 aromatic heterocycles. The lowest BCUT2D eigenvalue weighted by molar-refractivity contribution is -0.119. The van der Waals surface area contributed by atoms with Gasteiger partial charge in [0.15, 0.2) is 9.84 Å². The molecule has 0 heterocycles. The van der Waals surface area contributed by atoms with Crippen molar-refractivity contribution in [3.8, 4) is 0 Å². The normalized spacial score (nSPS) is 13.8. The maximum absolute atomic E-state index is 11.5. The van der Waals surface area contributed by atoms with Crippen LogP contribution in [0, 0.1) is 0 Å². The lowest BCUT2D eigenvalue weighted by atomic mass is 10.1. The number of benzene rings is 1. The maximum Gasteiger partial charge on any atom is 0.261 e. The van der Waals surface area contributed by atoms with Crippen LogP contribution in [-0.2, 0) is 23.7 Å². The molecule has 1 aromatic carbocycles. The van der Waals surface area contributed by atoms with Crippen molar-refractivity contribution in [2.24, 2.45) is 0 Å². The first-order chi connectivity index (χ1) is 8.99. The fourth-order valence-corrected chi connectivity index (χ4v) is 2.85. The van der Waals surface area contributed by atoms with Crippen molar-refractivity contribution in [1.82, 2.24) is 5.32 Å². The van der Waals surface area contributed by atoms with Gasteiger partial charge in [-0.2, -0.15) is 0 Å². The van der Waals surface area contributed by atoms with Crippen molar-refractivity contribution >= 4 is 35.5 Å². The van der Waals surface area contributed by atoms with Crippen LogP contribution in [0.5, 0.6) is 0 Å². The van der Waals surface area contributed by atoms with Crippen LogP contribution in [0.15, 0.2) is 29.2 Å². The van der Waals surface area contributed by atoms with Gasteiger partial charge in [0.1, 0.15) is 5.75 Å². The Morgan fingerprint density at radius 2 is 1.70 bits per heavy atom. The Hall–Kier alpha value is -1.12. The van der Waals surface area contributed by atoms with Crippen molar-refractivity contribution < 1.29 is 21.6 Å². The third kappa shape index (κ3) is 5.48. The molecule has 0 fully saturated rings. The van der Waals surface area contributed by atoms with E-state index in [4.69, 9.17) is 10.7 Å². The summed E-state index contributed by atoms with van der Waals surface area (Å²) in [5.41, 5.74) is 0.635. The molecule has 0 bridgehead atoms. The molecule has 1 rings (SSSR count). The Morgan fingerprint density at radius 1 is 1.20 bits per heavy atom. The molecule has 1 N–H and O–H groups in total. The quantitative estimate of drug-likeness (QED) is 0.801. The highest BCUT2D eigenvalue weighted by Crippen LogP contribution is 2.18. The second-order valence-corrected chi connectivity index (χ2v) is 9.07. The summed E-state index contributed by atoms with van der Waals surface area (Å²) in [6.07, 6.45) is 0.970. The molecule has 20 heavy (non-hydrogen) atoms. The summed E-state index contributed by atoms with van der Waals surface area (Å²) in [7, 11) is -1.99. The van der Waals surface area contributed by atoms with Crippen LogP contribution in [-0.4, -0.2) is 34.8 Å². The largest absolute Gasteiger partial charge is 0.349 e. The van der Waals surface area contributed by atoms with Crippen LogP contribution < -0.4 is 5.32 Å². The summed E-state index contributed by atoms with van der Waals surface area (Å²) in [6.45, 7) is 1.66. The Balaban J connectivity index is 2.79. The maximum atomic E-state index is 11.5. The molecule has 0 saturated carbocycles. The van der Waals surface area contributed by atoms with Crippen molar-refractivity contribution in [2.75, 3.05) is 12.0 Å². The van der Waals surface area contributed by atoms with Gasteiger partial charge < -0.3 is 5.32 Å². The number of hydrogen-bond acceptors (Lipinski definition) is 5. The predicted molar refractivity (Wildman–Crippen MR) is 75.7 cm³/mol. The zero-order valence-corrected chi connectivity index (χ0v) is 13.2. The van der Waals surface area contributed by atoms with E-state index in [1.807, 2.05) is 0 Å². The highest BCUT2D eigenvalue weighted by Gasteiger charge is 2.15. The summed E-state index contributed by atoms with van der Waals surface area (Å²) in [5, 5.41) is 2.51. The molecule has 6 nitrogen and oxygen atoms in total. The lowest BCUT2D eigenvalue weighted by Crippen LogP contribution is -2.32. The van der Waals surface area contributed by atoms with Gasteiger partial charge in [0.25, 0.3) is 9.05 Å². The summed E-state index contributed by atoms with van der Waals surface area (Å²) in [6, 6.07) is 5.19. The van der Waals surface area contributed by atoms with E-state index in [1.165, 1.54) is 24.3 Å². The molecule has 112 valence electrons. The molecule has 0 spiro atoms. The molecule has 1 amide bonds. The number of carbonyl (C=O) groups is 1. The van der Waals surface area contributed by atoms with Crippen LogP contribution in [0.3, 0.4) is 0 Å². The minimum atomic E-state index is -3.79. The number of rotatable bonds is 5. The number of sulfone groups is 1. The molecule has 1 unspecified atom stereocenters. The van der Waals surface area contributed by atoms with E-state index in [1.54, 1.807) is 6.92 Å². The van der Waals surface area contributed by atoms with Gasteiger partial charge >= 0.3 is 0 Å². The van der Waals surface area contributed by atoms with Gasteiger partial charge in [-0.3, -0.25) is 4.79 Å². The SMILES string of the molecule is CC(NC(=O)CS(C)(=O)=O)c1ccc(S(=O)(=O)Cl)cc1. The third-order valence-electron chi connectivity index (χ3n) is 2.43. The molecule has 0 aliphatic carbocycles. The van der Waals surface area contributed by atoms with E-state index in [0.717, 1.165) is 6.26 Å². The fraction of sp³-hybridized carbons (Fsp3) is 0.364. The second-order valence-electron chi connectivity index (χ2n) is 4.37. The minimum absolute atomic E-state index is 0.0439. The topological polar surface area (TPSA) is 97.4 Å². The van der Waals surface area contributed by atoms with Gasteiger partial charge in [0, 0.05) is 16.9 Å². The predicted octanol–water partition coefficient (Wildman–Crippen LogP) is 0.836. The van der Waals surface area contributed by atoms with Crippen LogP contribution in [0.2, 0.25) is 0 Å². The van der Waals surface area contributed by atoms with Gasteiger partial charge in [-0.05, 0) is 24.6 Å². The third-order valence-corrected chi connectivity index (χ3v) is 4.59. The van der Waals surface area contributed by atoms with Gasteiger partial charge in [0.2, 0.25) is 5.91 Å². The average molecular weight is 340 g/mol. The second kappa shape index (κ2) is 6.11. The molecular weight excluding hydrogens is 326 g/mol. The lowest BCUT2D eigenvalue weighted by Gasteiger charge is -2.14. The molecule has 0 aliphatic heterocycles. The minimum Gasteiger partial charge on any atom is -0.349 e. The number of nitrogens with one attached hydrogen (secondary N) is 1. The first kappa shape index (κ1) is 16.9. The summed E-state index contributed by atoms with van der Waals surface area (Å²) in [5.74, 6) is -1.21. The monoisotopic (exact) mass is 339 g/mol. The first-order valence-electron chi connectivity index (χ1n) is 5.51. The van der Waals surface area contributed by atoms with E-state index in [2.05, 4.69) is 5.32 Å². The summed E-state index contributed by atoms with van der Waals surface area (Å²) < 4.78 is 44.1. The number of amides is 1. The molecule has 0 radical (unpaired) electrons. The highest BCUT2D eigenvalue weighted by atomic mass is 35.7. The average Bonchev–Trinajstić information content (AvgIpc) is 2.25. The smallest absolute Gasteiger partial charge is 0.261 e. The van der Waals surface area contributed by atoms with Crippen molar-refractivity contribution in [2.45, 2.75) is 17.9 Å². The summed E-state index contributed by atoms with van der Waals surface area (Å²) >= 11 is 0. The molecule has 9 heteroatoms.